The van der Waals surface area contributed by atoms with Crippen LogP contribution in [-0.4, -0.2) is 48.5 Å². The molecule has 1 aliphatic rings. The summed E-state index contributed by atoms with van der Waals surface area (Å²) in [6.45, 7) is 8.30. The van der Waals surface area contributed by atoms with Crippen molar-refractivity contribution in [1.29, 1.82) is 0 Å². The SMILES string of the molecule is Cc1c(N2CCCC(C(F)F)C2)nc2ccc(Br)cc2c1C(=O)NCC(CCC(=O)OC(C)(C)C)c1ccccc1Cl. The number of aromatic nitrogens is 1. The summed E-state index contributed by atoms with van der Waals surface area (Å²) in [4.78, 5) is 33.1. The summed E-state index contributed by atoms with van der Waals surface area (Å²) >= 11 is 10.0. The molecule has 1 aromatic heterocycles. The number of hydrogen-bond acceptors (Lipinski definition) is 5. The number of esters is 1. The number of piperidine rings is 1. The van der Waals surface area contributed by atoms with E-state index in [2.05, 4.69) is 21.2 Å². The van der Waals surface area contributed by atoms with Crippen LogP contribution in [0.3, 0.4) is 0 Å². The molecule has 226 valence electrons. The quantitative estimate of drug-likeness (QED) is 0.234. The van der Waals surface area contributed by atoms with Gasteiger partial charge in [-0.1, -0.05) is 45.7 Å². The number of pyridine rings is 1. The lowest BCUT2D eigenvalue weighted by molar-refractivity contribution is -0.155. The van der Waals surface area contributed by atoms with Crippen molar-refractivity contribution in [2.75, 3.05) is 24.5 Å². The molecule has 0 bridgehead atoms. The number of halogens is 4. The smallest absolute Gasteiger partial charge is 0.306 e. The van der Waals surface area contributed by atoms with Gasteiger partial charge in [0.15, 0.2) is 0 Å². The summed E-state index contributed by atoms with van der Waals surface area (Å²) < 4.78 is 33.5. The Hall–Kier alpha value is -2.78. The zero-order valence-electron chi connectivity index (χ0n) is 24.4. The molecule has 6 nitrogen and oxygen atoms in total. The molecule has 10 heteroatoms. The lowest BCUT2D eigenvalue weighted by atomic mass is 9.93. The second-order valence-electron chi connectivity index (χ2n) is 11.8. The van der Waals surface area contributed by atoms with Gasteiger partial charge in [0.05, 0.1) is 11.1 Å². The molecule has 1 aliphatic heterocycles. The summed E-state index contributed by atoms with van der Waals surface area (Å²) in [6.07, 6.45) is -0.720. The predicted octanol–water partition coefficient (Wildman–Crippen LogP) is 8.08. The van der Waals surface area contributed by atoms with E-state index in [1.807, 2.05) is 69.0 Å². The van der Waals surface area contributed by atoms with Gasteiger partial charge >= 0.3 is 5.97 Å². The van der Waals surface area contributed by atoms with Crippen LogP contribution in [0.4, 0.5) is 14.6 Å². The first-order chi connectivity index (χ1) is 19.8. The number of carbonyl (C=O) groups excluding carboxylic acids is 2. The standard InChI is InChI=1S/C32H37BrClF2N3O3/c1-19-28(24-16-22(33)12-13-26(24)38-30(19)39-15-7-8-21(18-39)29(35)36)31(41)37-17-20(23-9-5-6-10-25(23)34)11-14-27(40)42-32(2,3)4/h5-6,9-10,12-13,16,20-21,29H,7-8,11,14-15,17-18H2,1-4H3,(H,37,41). The highest BCUT2D eigenvalue weighted by molar-refractivity contribution is 9.10. The number of fused-ring (bicyclic) bond motifs is 1. The van der Waals surface area contributed by atoms with Crippen LogP contribution >= 0.6 is 27.5 Å². The molecule has 1 amide bonds. The number of anilines is 1. The number of alkyl halides is 2. The van der Waals surface area contributed by atoms with E-state index in [1.54, 1.807) is 6.07 Å². The Kier molecular flexibility index (Phi) is 10.5. The lowest BCUT2D eigenvalue weighted by Gasteiger charge is -2.34. The van der Waals surface area contributed by atoms with Crippen LogP contribution in [0.25, 0.3) is 10.9 Å². The van der Waals surface area contributed by atoms with Gasteiger partial charge in [-0.2, -0.15) is 0 Å². The number of hydrogen-bond donors (Lipinski definition) is 1. The molecule has 2 unspecified atom stereocenters. The monoisotopic (exact) mass is 663 g/mol. The van der Waals surface area contributed by atoms with Crippen molar-refractivity contribution < 1.29 is 23.1 Å². The molecule has 0 radical (unpaired) electrons. The molecule has 0 aliphatic carbocycles. The van der Waals surface area contributed by atoms with E-state index in [9.17, 15) is 18.4 Å². The van der Waals surface area contributed by atoms with Gasteiger partial charge in [-0.25, -0.2) is 13.8 Å². The molecular formula is C32H37BrClF2N3O3. The minimum Gasteiger partial charge on any atom is -0.460 e. The molecule has 3 aromatic rings. The first-order valence-corrected chi connectivity index (χ1v) is 15.4. The van der Waals surface area contributed by atoms with Crippen LogP contribution in [-0.2, 0) is 9.53 Å². The molecule has 0 saturated carbocycles. The van der Waals surface area contributed by atoms with E-state index in [-0.39, 0.29) is 37.3 Å². The minimum atomic E-state index is -2.41. The fourth-order valence-corrected chi connectivity index (χ4v) is 6.14. The zero-order valence-corrected chi connectivity index (χ0v) is 26.7. The maximum Gasteiger partial charge on any atom is 0.306 e. The van der Waals surface area contributed by atoms with Crippen LogP contribution in [0.15, 0.2) is 46.9 Å². The lowest BCUT2D eigenvalue weighted by Crippen LogP contribution is -2.39. The summed E-state index contributed by atoms with van der Waals surface area (Å²) in [7, 11) is 0. The highest BCUT2D eigenvalue weighted by Gasteiger charge is 2.30. The Bertz CT molecular complexity index is 1450. The second kappa shape index (κ2) is 13.7. The van der Waals surface area contributed by atoms with Crippen LogP contribution < -0.4 is 10.2 Å². The van der Waals surface area contributed by atoms with Crippen LogP contribution in [0.2, 0.25) is 5.02 Å². The van der Waals surface area contributed by atoms with Gasteiger partial charge in [0.1, 0.15) is 11.4 Å². The third-order valence-electron chi connectivity index (χ3n) is 7.48. The minimum absolute atomic E-state index is 0.164. The first kappa shape index (κ1) is 32.1. The normalized spacial score (nSPS) is 16.5. The van der Waals surface area contributed by atoms with Gasteiger partial charge in [0.25, 0.3) is 5.91 Å². The van der Waals surface area contributed by atoms with Crippen LogP contribution in [0.5, 0.6) is 0 Å². The van der Waals surface area contributed by atoms with E-state index >= 15 is 0 Å². The number of amides is 1. The van der Waals surface area contributed by atoms with Crippen molar-refractivity contribution in [3.05, 3.63) is 68.7 Å². The van der Waals surface area contributed by atoms with E-state index in [0.717, 1.165) is 10.0 Å². The number of nitrogens with one attached hydrogen (secondary N) is 1. The average molecular weight is 665 g/mol. The Labute approximate surface area is 259 Å². The molecule has 2 aromatic carbocycles. The van der Waals surface area contributed by atoms with Gasteiger partial charge in [-0.15, -0.1) is 0 Å². The van der Waals surface area contributed by atoms with E-state index < -0.39 is 17.9 Å². The third-order valence-corrected chi connectivity index (χ3v) is 8.31. The fraction of sp³-hybridized carbons (Fsp3) is 0.469. The summed E-state index contributed by atoms with van der Waals surface area (Å²) in [5.41, 5.74) is 1.92. The van der Waals surface area contributed by atoms with Gasteiger partial charge < -0.3 is 15.0 Å². The fourth-order valence-electron chi connectivity index (χ4n) is 5.49. The Morgan fingerprint density at radius 3 is 2.64 bits per heavy atom. The number of rotatable bonds is 9. The largest absolute Gasteiger partial charge is 0.460 e. The van der Waals surface area contributed by atoms with Gasteiger partial charge in [-0.3, -0.25) is 9.59 Å². The van der Waals surface area contributed by atoms with Crippen LogP contribution in [0, 0.1) is 12.8 Å². The van der Waals surface area contributed by atoms with Gasteiger partial charge in [0.2, 0.25) is 6.43 Å². The second-order valence-corrected chi connectivity index (χ2v) is 13.2. The van der Waals surface area contributed by atoms with E-state index in [1.165, 1.54) is 0 Å². The van der Waals surface area contributed by atoms with E-state index in [4.69, 9.17) is 21.3 Å². The van der Waals surface area contributed by atoms with Crippen molar-refractivity contribution in [2.24, 2.45) is 5.92 Å². The van der Waals surface area contributed by atoms with Crippen molar-refractivity contribution in [1.82, 2.24) is 10.3 Å². The number of benzene rings is 2. The molecule has 2 heterocycles. The number of nitrogens with zero attached hydrogens (tertiary/aromatic N) is 2. The van der Waals surface area contributed by atoms with E-state index in [0.29, 0.717) is 58.7 Å². The van der Waals surface area contributed by atoms with Crippen molar-refractivity contribution in [3.8, 4) is 0 Å². The Morgan fingerprint density at radius 2 is 1.95 bits per heavy atom. The van der Waals surface area contributed by atoms with Gasteiger partial charge in [0, 0.05) is 58.3 Å². The van der Waals surface area contributed by atoms with Crippen molar-refractivity contribution in [3.63, 3.8) is 0 Å². The summed E-state index contributed by atoms with van der Waals surface area (Å²) in [6, 6.07) is 12.9. The molecule has 1 N–H and O–H groups in total. The topological polar surface area (TPSA) is 71.5 Å². The predicted molar refractivity (Wildman–Crippen MR) is 167 cm³/mol. The first-order valence-electron chi connectivity index (χ1n) is 14.2. The third kappa shape index (κ3) is 7.98. The molecule has 0 spiro atoms. The van der Waals surface area contributed by atoms with Crippen molar-refractivity contribution >= 4 is 56.1 Å². The zero-order chi connectivity index (χ0) is 30.6. The molecule has 2 atom stereocenters. The molecular weight excluding hydrogens is 628 g/mol. The van der Waals surface area contributed by atoms with Gasteiger partial charge in [-0.05, 0) is 76.8 Å². The molecule has 1 saturated heterocycles. The molecule has 42 heavy (non-hydrogen) atoms. The maximum absolute atomic E-state index is 13.9. The highest BCUT2D eigenvalue weighted by atomic mass is 79.9. The Balaban J connectivity index is 1.63. The van der Waals surface area contributed by atoms with Crippen molar-refractivity contribution in [2.45, 2.75) is 71.3 Å². The summed E-state index contributed by atoms with van der Waals surface area (Å²) in [5, 5.41) is 4.29. The average Bonchev–Trinajstić information content (AvgIpc) is 2.92. The highest BCUT2D eigenvalue weighted by Crippen LogP contribution is 2.34. The molecule has 1 fully saturated rings. The number of carbonyl (C=O) groups is 2. The number of ether oxygens (including phenoxy) is 1. The molecule has 4 rings (SSSR count). The summed E-state index contributed by atoms with van der Waals surface area (Å²) in [5.74, 6) is -1.06. The maximum atomic E-state index is 13.9. The van der Waals surface area contributed by atoms with Crippen LogP contribution in [0.1, 0.15) is 73.9 Å². The Morgan fingerprint density at radius 1 is 1.21 bits per heavy atom.